The van der Waals surface area contributed by atoms with Gasteiger partial charge in [-0.3, -0.25) is 10.1 Å². The maximum absolute atomic E-state index is 12.1. The standard InChI is InChI=1S/C25H31BrN6O3S/c1-15(2)13-27-8-10-35-17-5-6-19-16(11-17)12-20(36-19)21-18(26)14-29-23(30-21)28-7-9-32-24(34)31-22(33)25(32,3)4/h5-6,11-12,14-15,27H,7-10,13H2,1-4H3,(H,28,29,30)(H,31,33,34). The smallest absolute Gasteiger partial charge is 0.325 e. The third-order valence-electron chi connectivity index (χ3n) is 5.88. The molecule has 0 unspecified atom stereocenters. The van der Waals surface area contributed by atoms with Crippen LogP contribution in [-0.2, 0) is 4.79 Å². The molecule has 9 nitrogen and oxygen atoms in total. The molecule has 4 rings (SSSR count). The van der Waals surface area contributed by atoms with Crippen molar-refractivity contribution in [1.29, 1.82) is 0 Å². The first kappa shape index (κ1) is 26.3. The van der Waals surface area contributed by atoms with Gasteiger partial charge in [0.15, 0.2) is 0 Å². The van der Waals surface area contributed by atoms with Gasteiger partial charge in [0.2, 0.25) is 5.95 Å². The predicted molar refractivity (Wildman–Crippen MR) is 147 cm³/mol. The van der Waals surface area contributed by atoms with E-state index in [-0.39, 0.29) is 11.9 Å². The van der Waals surface area contributed by atoms with E-state index >= 15 is 0 Å². The van der Waals surface area contributed by atoms with Crippen molar-refractivity contribution in [2.75, 3.05) is 38.1 Å². The van der Waals surface area contributed by atoms with Crippen LogP contribution in [0.4, 0.5) is 10.7 Å². The van der Waals surface area contributed by atoms with E-state index in [1.165, 1.54) is 4.90 Å². The van der Waals surface area contributed by atoms with E-state index in [4.69, 9.17) is 9.72 Å². The Bertz CT molecular complexity index is 1260. The van der Waals surface area contributed by atoms with Crippen LogP contribution < -0.4 is 20.7 Å². The molecule has 3 N–H and O–H groups in total. The number of amides is 3. The molecule has 2 aromatic heterocycles. The Labute approximate surface area is 223 Å². The molecule has 0 radical (unpaired) electrons. The fourth-order valence-electron chi connectivity index (χ4n) is 3.84. The molecule has 192 valence electrons. The first-order valence-corrected chi connectivity index (χ1v) is 13.5. The minimum absolute atomic E-state index is 0.296. The number of benzene rings is 1. The molecule has 1 saturated heterocycles. The number of aromatic nitrogens is 2. The number of ether oxygens (including phenoxy) is 1. The molecule has 3 heterocycles. The number of carbonyl (C=O) groups excluding carboxylic acids is 2. The molecule has 11 heteroatoms. The summed E-state index contributed by atoms with van der Waals surface area (Å²) in [4.78, 5) is 35.6. The molecule has 0 atom stereocenters. The molecule has 0 spiro atoms. The number of halogens is 1. The zero-order valence-corrected chi connectivity index (χ0v) is 23.3. The monoisotopic (exact) mass is 574 g/mol. The molecule has 0 bridgehead atoms. The SMILES string of the molecule is CC(C)CNCCOc1ccc2sc(-c3nc(NCCN4C(=O)NC(=O)C4(C)C)ncc3Br)cc2c1. The first-order valence-electron chi connectivity index (χ1n) is 11.9. The van der Waals surface area contributed by atoms with E-state index in [0.29, 0.717) is 31.6 Å². The minimum atomic E-state index is -0.880. The Morgan fingerprint density at radius 1 is 1.22 bits per heavy atom. The fourth-order valence-corrected chi connectivity index (χ4v) is 5.42. The summed E-state index contributed by atoms with van der Waals surface area (Å²) in [6.07, 6.45) is 1.71. The zero-order chi connectivity index (χ0) is 25.9. The fraction of sp³-hybridized carbons (Fsp3) is 0.440. The summed E-state index contributed by atoms with van der Waals surface area (Å²) in [5, 5.41) is 10.00. The van der Waals surface area contributed by atoms with E-state index in [0.717, 1.165) is 44.0 Å². The molecule has 1 fully saturated rings. The van der Waals surface area contributed by atoms with E-state index in [2.05, 4.69) is 68.9 Å². The van der Waals surface area contributed by atoms with Gasteiger partial charge in [-0.05, 0) is 71.9 Å². The number of carbonyl (C=O) groups is 2. The van der Waals surface area contributed by atoms with Gasteiger partial charge in [0.05, 0.1) is 9.35 Å². The van der Waals surface area contributed by atoms with Gasteiger partial charge in [-0.25, -0.2) is 14.8 Å². The van der Waals surface area contributed by atoms with Crippen molar-refractivity contribution < 1.29 is 14.3 Å². The van der Waals surface area contributed by atoms with Crippen LogP contribution in [0.15, 0.2) is 34.9 Å². The van der Waals surface area contributed by atoms with E-state index < -0.39 is 5.54 Å². The Morgan fingerprint density at radius 2 is 2.03 bits per heavy atom. The van der Waals surface area contributed by atoms with Crippen LogP contribution in [0.2, 0.25) is 0 Å². The number of anilines is 1. The predicted octanol–water partition coefficient (Wildman–Crippen LogP) is 4.49. The number of thiophene rings is 1. The molecule has 1 aromatic carbocycles. The topological polar surface area (TPSA) is 108 Å². The molecule has 0 aliphatic carbocycles. The number of hydrogen-bond donors (Lipinski definition) is 3. The number of urea groups is 1. The molecule has 3 aromatic rings. The average molecular weight is 576 g/mol. The quantitative estimate of drug-likeness (QED) is 0.229. The normalized spacial score (nSPS) is 15.1. The number of hydrogen-bond acceptors (Lipinski definition) is 8. The second-order valence-electron chi connectivity index (χ2n) is 9.54. The van der Waals surface area contributed by atoms with Gasteiger partial charge in [-0.2, -0.15) is 0 Å². The lowest BCUT2D eigenvalue weighted by Gasteiger charge is -2.27. The Hall–Kier alpha value is -2.76. The second kappa shape index (κ2) is 11.1. The van der Waals surface area contributed by atoms with E-state index in [1.54, 1.807) is 31.4 Å². The summed E-state index contributed by atoms with van der Waals surface area (Å²) in [7, 11) is 0. The van der Waals surface area contributed by atoms with Crippen molar-refractivity contribution >= 4 is 55.2 Å². The summed E-state index contributed by atoms with van der Waals surface area (Å²) >= 11 is 5.22. The highest BCUT2D eigenvalue weighted by Crippen LogP contribution is 2.37. The van der Waals surface area contributed by atoms with Crippen LogP contribution in [0.25, 0.3) is 20.7 Å². The number of imide groups is 1. The summed E-state index contributed by atoms with van der Waals surface area (Å²) in [5.74, 6) is 1.62. The van der Waals surface area contributed by atoms with E-state index in [1.807, 2.05) is 6.07 Å². The Kier molecular flexibility index (Phi) is 8.11. The van der Waals surface area contributed by atoms with Crippen molar-refractivity contribution in [1.82, 2.24) is 25.5 Å². The van der Waals surface area contributed by atoms with Gasteiger partial charge < -0.3 is 20.3 Å². The number of fused-ring (bicyclic) bond motifs is 1. The largest absolute Gasteiger partial charge is 0.492 e. The lowest BCUT2D eigenvalue weighted by atomic mass is 10.0. The number of rotatable bonds is 11. The highest BCUT2D eigenvalue weighted by atomic mass is 79.9. The summed E-state index contributed by atoms with van der Waals surface area (Å²) in [5.41, 5.74) is -0.0992. The molecule has 1 aliphatic heterocycles. The van der Waals surface area contributed by atoms with Crippen LogP contribution in [0, 0.1) is 5.92 Å². The summed E-state index contributed by atoms with van der Waals surface area (Å²) in [6.45, 7) is 11.0. The van der Waals surface area contributed by atoms with Gasteiger partial charge in [0, 0.05) is 30.5 Å². The molecule has 0 saturated carbocycles. The van der Waals surface area contributed by atoms with Crippen LogP contribution in [-0.4, -0.2) is 65.1 Å². The lowest BCUT2D eigenvalue weighted by Crippen LogP contribution is -2.46. The Morgan fingerprint density at radius 3 is 2.75 bits per heavy atom. The van der Waals surface area contributed by atoms with Gasteiger partial charge in [-0.15, -0.1) is 11.3 Å². The summed E-state index contributed by atoms with van der Waals surface area (Å²) in [6, 6.07) is 7.83. The van der Waals surface area contributed by atoms with Crippen molar-refractivity contribution in [2.45, 2.75) is 33.2 Å². The highest BCUT2D eigenvalue weighted by molar-refractivity contribution is 9.10. The third kappa shape index (κ3) is 5.96. The van der Waals surface area contributed by atoms with Gasteiger partial charge >= 0.3 is 6.03 Å². The van der Waals surface area contributed by atoms with Crippen molar-refractivity contribution in [2.24, 2.45) is 5.92 Å². The van der Waals surface area contributed by atoms with Crippen LogP contribution in [0.1, 0.15) is 27.7 Å². The molecule has 3 amide bonds. The third-order valence-corrected chi connectivity index (χ3v) is 7.58. The number of nitrogens with zero attached hydrogens (tertiary/aromatic N) is 3. The zero-order valence-electron chi connectivity index (χ0n) is 20.9. The molecular weight excluding hydrogens is 544 g/mol. The molecule has 36 heavy (non-hydrogen) atoms. The minimum Gasteiger partial charge on any atom is -0.492 e. The van der Waals surface area contributed by atoms with Crippen molar-refractivity contribution in [3.05, 3.63) is 34.9 Å². The molecular formula is C25H31BrN6O3S. The Balaban J connectivity index is 1.41. The van der Waals surface area contributed by atoms with Crippen molar-refractivity contribution in [3.63, 3.8) is 0 Å². The highest BCUT2D eigenvalue weighted by Gasteiger charge is 2.45. The summed E-state index contributed by atoms with van der Waals surface area (Å²) < 4.78 is 7.84. The van der Waals surface area contributed by atoms with Gasteiger partial charge in [0.25, 0.3) is 5.91 Å². The van der Waals surface area contributed by atoms with Crippen molar-refractivity contribution in [3.8, 4) is 16.3 Å². The van der Waals surface area contributed by atoms with Crippen LogP contribution >= 0.6 is 27.3 Å². The van der Waals surface area contributed by atoms with Crippen LogP contribution in [0.5, 0.6) is 5.75 Å². The second-order valence-corrected chi connectivity index (χ2v) is 11.5. The van der Waals surface area contributed by atoms with Crippen LogP contribution in [0.3, 0.4) is 0 Å². The maximum Gasteiger partial charge on any atom is 0.325 e. The average Bonchev–Trinajstić information content (AvgIpc) is 3.32. The lowest BCUT2D eigenvalue weighted by molar-refractivity contribution is -0.125. The maximum atomic E-state index is 12.1. The van der Waals surface area contributed by atoms with Gasteiger partial charge in [-0.1, -0.05) is 13.8 Å². The number of nitrogens with one attached hydrogen (secondary N) is 3. The van der Waals surface area contributed by atoms with Gasteiger partial charge in [0.1, 0.15) is 23.6 Å². The van der Waals surface area contributed by atoms with E-state index in [9.17, 15) is 9.59 Å². The first-order chi connectivity index (χ1) is 17.1. The molecule has 1 aliphatic rings.